The summed E-state index contributed by atoms with van der Waals surface area (Å²) in [6.07, 6.45) is 5.42. The van der Waals surface area contributed by atoms with Crippen LogP contribution in [-0.4, -0.2) is 22.4 Å². The molecule has 1 aromatic rings. The highest BCUT2D eigenvalue weighted by atomic mass is 32.2. The third-order valence-corrected chi connectivity index (χ3v) is 4.48. The molecule has 0 radical (unpaired) electrons. The first-order valence-electron chi connectivity index (χ1n) is 5.82. The van der Waals surface area contributed by atoms with Crippen molar-refractivity contribution in [3.63, 3.8) is 0 Å². The molecule has 0 spiro atoms. The zero-order chi connectivity index (χ0) is 11.4. The minimum atomic E-state index is -1.35. The van der Waals surface area contributed by atoms with Crippen molar-refractivity contribution in [3.05, 3.63) is 29.8 Å². The van der Waals surface area contributed by atoms with E-state index in [1.54, 1.807) is 6.07 Å². The number of thioether (sulfide) groups is 1. The molecular formula is C12H17BO2S. The highest BCUT2D eigenvalue weighted by Crippen LogP contribution is 2.31. The summed E-state index contributed by atoms with van der Waals surface area (Å²) in [5.74, 6) is 0.977. The minimum Gasteiger partial charge on any atom is -0.423 e. The molecule has 2 nitrogen and oxygen atoms in total. The molecule has 16 heavy (non-hydrogen) atoms. The van der Waals surface area contributed by atoms with Crippen LogP contribution in [0.25, 0.3) is 0 Å². The second kappa shape index (κ2) is 5.76. The van der Waals surface area contributed by atoms with Crippen molar-refractivity contribution < 1.29 is 10.0 Å². The van der Waals surface area contributed by atoms with Gasteiger partial charge in [0.15, 0.2) is 0 Å². The minimum absolute atomic E-state index is 0.588. The summed E-state index contributed by atoms with van der Waals surface area (Å²) in [7, 11) is -1.35. The maximum absolute atomic E-state index is 9.08. The van der Waals surface area contributed by atoms with E-state index < -0.39 is 7.12 Å². The van der Waals surface area contributed by atoms with E-state index in [1.807, 2.05) is 30.0 Å². The molecule has 0 heterocycles. The Morgan fingerprint density at radius 3 is 2.69 bits per heavy atom. The lowest BCUT2D eigenvalue weighted by Gasteiger charge is -2.09. The summed E-state index contributed by atoms with van der Waals surface area (Å²) in [5.41, 5.74) is 1.77. The van der Waals surface area contributed by atoms with Crippen LogP contribution in [0.4, 0.5) is 0 Å². The van der Waals surface area contributed by atoms with Crippen LogP contribution in [-0.2, 0) is 5.75 Å². The second-order valence-electron chi connectivity index (χ2n) is 4.34. The summed E-state index contributed by atoms with van der Waals surface area (Å²) >= 11 is 1.99. The third kappa shape index (κ3) is 3.27. The van der Waals surface area contributed by atoms with E-state index in [1.165, 1.54) is 31.2 Å². The van der Waals surface area contributed by atoms with Crippen LogP contribution in [0.3, 0.4) is 0 Å². The van der Waals surface area contributed by atoms with Crippen molar-refractivity contribution in [2.75, 3.05) is 0 Å². The van der Waals surface area contributed by atoms with Crippen molar-refractivity contribution in [2.45, 2.75) is 36.7 Å². The molecule has 0 amide bonds. The van der Waals surface area contributed by atoms with E-state index in [4.69, 9.17) is 10.0 Å². The first kappa shape index (κ1) is 12.0. The Bertz CT molecular complexity index is 338. The van der Waals surface area contributed by atoms with Crippen LogP contribution in [0, 0.1) is 0 Å². The number of rotatable bonds is 4. The average Bonchev–Trinajstić information content (AvgIpc) is 2.79. The highest BCUT2D eigenvalue weighted by molar-refractivity contribution is 7.99. The molecular weight excluding hydrogens is 219 g/mol. The zero-order valence-corrected chi connectivity index (χ0v) is 10.1. The third-order valence-electron chi connectivity index (χ3n) is 3.04. The molecule has 0 aliphatic heterocycles. The molecule has 0 aromatic heterocycles. The van der Waals surface area contributed by atoms with Crippen molar-refractivity contribution in [1.82, 2.24) is 0 Å². The van der Waals surface area contributed by atoms with Crippen molar-refractivity contribution >= 4 is 24.3 Å². The van der Waals surface area contributed by atoms with Crippen LogP contribution in [0.2, 0.25) is 0 Å². The molecule has 0 saturated heterocycles. The first-order chi connectivity index (χ1) is 7.75. The molecule has 1 saturated carbocycles. The molecule has 86 valence electrons. The van der Waals surface area contributed by atoms with Crippen molar-refractivity contribution in [3.8, 4) is 0 Å². The van der Waals surface area contributed by atoms with Gasteiger partial charge in [0.1, 0.15) is 0 Å². The number of hydrogen-bond acceptors (Lipinski definition) is 3. The fraction of sp³-hybridized carbons (Fsp3) is 0.500. The predicted octanol–water partition coefficient (Wildman–Crippen LogP) is 1.54. The maximum Gasteiger partial charge on any atom is 0.488 e. The predicted molar refractivity (Wildman–Crippen MR) is 69.8 cm³/mol. The fourth-order valence-corrected chi connectivity index (χ4v) is 3.39. The van der Waals surface area contributed by atoms with Crippen molar-refractivity contribution in [1.29, 1.82) is 0 Å². The van der Waals surface area contributed by atoms with Gasteiger partial charge >= 0.3 is 7.12 Å². The lowest BCUT2D eigenvalue weighted by Crippen LogP contribution is -2.29. The molecule has 1 fully saturated rings. The largest absolute Gasteiger partial charge is 0.488 e. The Labute approximate surface area is 101 Å². The van der Waals surface area contributed by atoms with E-state index in [-0.39, 0.29) is 0 Å². The van der Waals surface area contributed by atoms with Gasteiger partial charge in [0.2, 0.25) is 0 Å². The van der Waals surface area contributed by atoms with Gasteiger partial charge in [-0.15, -0.1) is 0 Å². The molecule has 1 aliphatic carbocycles. The SMILES string of the molecule is OB(O)c1cccc(CSC2CCCC2)c1. The topological polar surface area (TPSA) is 40.5 Å². The molecule has 1 aliphatic rings. The lowest BCUT2D eigenvalue weighted by atomic mass is 9.80. The van der Waals surface area contributed by atoms with Gasteiger partial charge < -0.3 is 10.0 Å². The quantitative estimate of drug-likeness (QED) is 0.779. The molecule has 0 atom stereocenters. The smallest absolute Gasteiger partial charge is 0.423 e. The van der Waals surface area contributed by atoms with Crippen LogP contribution < -0.4 is 5.46 Å². The van der Waals surface area contributed by atoms with Crippen molar-refractivity contribution in [2.24, 2.45) is 0 Å². The summed E-state index contributed by atoms with van der Waals surface area (Å²) in [5, 5.41) is 19.0. The van der Waals surface area contributed by atoms with Gasteiger partial charge in [-0.25, -0.2) is 0 Å². The Morgan fingerprint density at radius 1 is 1.25 bits per heavy atom. The molecule has 4 heteroatoms. The van der Waals surface area contributed by atoms with Crippen LogP contribution in [0.1, 0.15) is 31.2 Å². The van der Waals surface area contributed by atoms with Crippen LogP contribution >= 0.6 is 11.8 Å². The Balaban J connectivity index is 1.90. The van der Waals surface area contributed by atoms with Crippen LogP contribution in [0.15, 0.2) is 24.3 Å². The summed E-state index contributed by atoms with van der Waals surface area (Å²) in [6.45, 7) is 0. The van der Waals surface area contributed by atoms with E-state index >= 15 is 0 Å². The van der Waals surface area contributed by atoms with Gasteiger partial charge in [0.25, 0.3) is 0 Å². The summed E-state index contributed by atoms with van der Waals surface area (Å²) in [6, 6.07) is 7.56. The highest BCUT2D eigenvalue weighted by Gasteiger charge is 2.16. The number of benzene rings is 1. The van der Waals surface area contributed by atoms with E-state index in [9.17, 15) is 0 Å². The van der Waals surface area contributed by atoms with Gasteiger partial charge in [0.05, 0.1) is 0 Å². The molecule has 2 rings (SSSR count). The fourth-order valence-electron chi connectivity index (χ4n) is 2.11. The Kier molecular flexibility index (Phi) is 4.33. The van der Waals surface area contributed by atoms with Gasteiger partial charge in [-0.1, -0.05) is 37.1 Å². The Hall–Kier alpha value is -0.445. The van der Waals surface area contributed by atoms with Gasteiger partial charge in [-0.05, 0) is 23.9 Å². The maximum atomic E-state index is 9.08. The van der Waals surface area contributed by atoms with Gasteiger partial charge in [-0.2, -0.15) is 11.8 Å². The van der Waals surface area contributed by atoms with E-state index in [0.717, 1.165) is 11.0 Å². The first-order valence-corrected chi connectivity index (χ1v) is 6.87. The molecule has 1 aromatic carbocycles. The standard InChI is InChI=1S/C12H17BO2S/c14-13(15)11-5-3-4-10(8-11)9-16-12-6-1-2-7-12/h3-5,8,12,14-15H,1-2,6-7,9H2. The second-order valence-corrected chi connectivity index (χ2v) is 5.62. The molecule has 2 N–H and O–H groups in total. The van der Waals surface area contributed by atoms with Gasteiger partial charge in [-0.3, -0.25) is 0 Å². The number of hydrogen-bond donors (Lipinski definition) is 2. The lowest BCUT2D eigenvalue weighted by molar-refractivity contribution is 0.425. The summed E-state index contributed by atoms with van der Waals surface area (Å²) in [4.78, 5) is 0. The summed E-state index contributed by atoms with van der Waals surface area (Å²) < 4.78 is 0. The Morgan fingerprint density at radius 2 is 2.00 bits per heavy atom. The normalized spacial score (nSPS) is 16.6. The zero-order valence-electron chi connectivity index (χ0n) is 9.30. The monoisotopic (exact) mass is 236 g/mol. The van der Waals surface area contributed by atoms with Gasteiger partial charge in [0, 0.05) is 11.0 Å². The average molecular weight is 236 g/mol. The van der Waals surface area contributed by atoms with E-state index in [0.29, 0.717) is 5.46 Å². The molecule has 0 unspecified atom stereocenters. The van der Waals surface area contributed by atoms with E-state index in [2.05, 4.69) is 0 Å². The van der Waals surface area contributed by atoms with Crippen LogP contribution in [0.5, 0.6) is 0 Å². The molecule has 0 bridgehead atoms.